The lowest BCUT2D eigenvalue weighted by Gasteiger charge is -2.36. The third-order valence-corrected chi connectivity index (χ3v) is 4.59. The van der Waals surface area contributed by atoms with E-state index in [1.54, 1.807) is 24.5 Å². The number of carbonyl (C=O) groups excluding carboxylic acids is 2. The van der Waals surface area contributed by atoms with E-state index in [1.165, 1.54) is 0 Å². The van der Waals surface area contributed by atoms with E-state index in [0.717, 1.165) is 38.8 Å². The quantitative estimate of drug-likeness (QED) is 0.777. The number of nitrogens with zero attached hydrogens (tertiary/aromatic N) is 4. The number of nitrogens with two attached hydrogens (primary N) is 1. The van der Waals surface area contributed by atoms with Crippen molar-refractivity contribution in [2.75, 3.05) is 18.4 Å². The Bertz CT molecular complexity index is 729. The summed E-state index contributed by atoms with van der Waals surface area (Å²) in [6, 6.07) is 5.55. The molecule has 0 spiro atoms. The highest BCUT2D eigenvalue weighted by molar-refractivity contribution is 5.94. The Hall–Kier alpha value is -2.90. The van der Waals surface area contributed by atoms with Gasteiger partial charge in [-0.1, -0.05) is 0 Å². The zero-order valence-corrected chi connectivity index (χ0v) is 14.7. The van der Waals surface area contributed by atoms with E-state index in [-0.39, 0.29) is 18.5 Å². The predicted molar refractivity (Wildman–Crippen MR) is 97.4 cm³/mol. The van der Waals surface area contributed by atoms with Crippen molar-refractivity contribution >= 4 is 17.6 Å². The number of nitrogens with one attached hydrogen (secondary N) is 1. The number of aryl methyl sites for hydroxylation is 1. The minimum absolute atomic E-state index is 0.00381. The van der Waals surface area contributed by atoms with Crippen molar-refractivity contribution in [3.05, 3.63) is 42.4 Å². The number of rotatable bonds is 7. The Labute approximate surface area is 152 Å². The highest BCUT2D eigenvalue weighted by atomic mass is 16.2. The summed E-state index contributed by atoms with van der Waals surface area (Å²) in [5.41, 5.74) is 5.65. The summed E-state index contributed by atoms with van der Waals surface area (Å²) >= 11 is 0. The molecular formula is C18H24N6O2. The fourth-order valence-corrected chi connectivity index (χ4v) is 3.25. The summed E-state index contributed by atoms with van der Waals surface area (Å²) < 4.78 is 1.90. The van der Waals surface area contributed by atoms with Crippen molar-refractivity contribution in [1.82, 2.24) is 19.7 Å². The van der Waals surface area contributed by atoms with Gasteiger partial charge in [0.05, 0.1) is 12.1 Å². The van der Waals surface area contributed by atoms with Crippen LogP contribution in [0.2, 0.25) is 0 Å². The largest absolute Gasteiger partial charge is 0.368 e. The Kier molecular flexibility index (Phi) is 5.83. The zero-order valence-electron chi connectivity index (χ0n) is 14.7. The Morgan fingerprint density at radius 1 is 1.31 bits per heavy atom. The normalized spacial score (nSPS) is 17.1. The van der Waals surface area contributed by atoms with Crippen molar-refractivity contribution in [3.8, 4) is 0 Å². The number of amides is 2. The number of anilines is 1. The molecule has 0 aliphatic carbocycles. The highest BCUT2D eigenvalue weighted by Crippen LogP contribution is 2.22. The number of piperidine rings is 1. The van der Waals surface area contributed by atoms with E-state index in [0.29, 0.717) is 11.4 Å². The first-order valence-corrected chi connectivity index (χ1v) is 8.90. The lowest BCUT2D eigenvalue weighted by molar-refractivity contribution is -0.116. The molecule has 1 aliphatic rings. The van der Waals surface area contributed by atoms with E-state index in [9.17, 15) is 9.59 Å². The minimum Gasteiger partial charge on any atom is -0.368 e. The van der Waals surface area contributed by atoms with E-state index >= 15 is 0 Å². The van der Waals surface area contributed by atoms with Crippen LogP contribution in [-0.4, -0.2) is 50.6 Å². The second-order valence-electron chi connectivity index (χ2n) is 6.46. The van der Waals surface area contributed by atoms with Gasteiger partial charge in [0, 0.05) is 37.7 Å². The molecule has 2 aromatic heterocycles. The molecule has 2 amide bonds. The number of hydrogen-bond acceptors (Lipinski definition) is 5. The number of carbonyl (C=O) groups is 2. The molecule has 8 heteroatoms. The molecule has 138 valence electrons. The summed E-state index contributed by atoms with van der Waals surface area (Å²) in [6.07, 6.45) is 9.32. The molecule has 1 atom stereocenters. The SMILES string of the molecule is NC(=O)CNc1ccc(C(=O)N2CCCC[C@@H]2CCn2cccn2)cn1. The van der Waals surface area contributed by atoms with E-state index in [2.05, 4.69) is 15.4 Å². The van der Waals surface area contributed by atoms with Crippen molar-refractivity contribution < 1.29 is 9.59 Å². The van der Waals surface area contributed by atoms with Crippen molar-refractivity contribution in [1.29, 1.82) is 0 Å². The molecule has 1 fully saturated rings. The van der Waals surface area contributed by atoms with E-state index < -0.39 is 5.91 Å². The first-order valence-electron chi connectivity index (χ1n) is 8.90. The smallest absolute Gasteiger partial charge is 0.255 e. The lowest BCUT2D eigenvalue weighted by atomic mass is 9.98. The van der Waals surface area contributed by atoms with Gasteiger partial charge in [0.15, 0.2) is 0 Å². The summed E-state index contributed by atoms with van der Waals surface area (Å²) in [7, 11) is 0. The van der Waals surface area contributed by atoms with Gasteiger partial charge in [-0.2, -0.15) is 5.10 Å². The molecule has 3 rings (SSSR count). The minimum atomic E-state index is -0.458. The summed E-state index contributed by atoms with van der Waals surface area (Å²) in [6.45, 7) is 1.59. The van der Waals surface area contributed by atoms with Crippen LogP contribution in [0.3, 0.4) is 0 Å². The fourth-order valence-electron chi connectivity index (χ4n) is 3.25. The van der Waals surface area contributed by atoms with Gasteiger partial charge in [0.1, 0.15) is 5.82 Å². The van der Waals surface area contributed by atoms with Gasteiger partial charge in [-0.15, -0.1) is 0 Å². The van der Waals surface area contributed by atoms with Crippen LogP contribution in [-0.2, 0) is 11.3 Å². The van der Waals surface area contributed by atoms with Crippen LogP contribution >= 0.6 is 0 Å². The first kappa shape index (κ1) is 17.9. The maximum atomic E-state index is 12.9. The number of aromatic nitrogens is 3. The maximum Gasteiger partial charge on any atom is 0.255 e. The summed E-state index contributed by atoms with van der Waals surface area (Å²) in [5, 5.41) is 7.05. The average molecular weight is 356 g/mol. The fraction of sp³-hybridized carbons (Fsp3) is 0.444. The average Bonchev–Trinajstić information content (AvgIpc) is 3.18. The molecule has 3 heterocycles. The zero-order chi connectivity index (χ0) is 18.4. The van der Waals surface area contributed by atoms with Gasteiger partial charge in [-0.25, -0.2) is 4.98 Å². The van der Waals surface area contributed by atoms with Gasteiger partial charge in [-0.3, -0.25) is 14.3 Å². The van der Waals surface area contributed by atoms with Gasteiger partial charge in [0.2, 0.25) is 5.91 Å². The third-order valence-electron chi connectivity index (χ3n) is 4.59. The molecule has 0 radical (unpaired) electrons. The molecule has 1 aliphatic heterocycles. The Morgan fingerprint density at radius 3 is 2.88 bits per heavy atom. The second-order valence-corrected chi connectivity index (χ2v) is 6.46. The molecule has 26 heavy (non-hydrogen) atoms. The van der Waals surface area contributed by atoms with Crippen molar-refractivity contribution in [2.45, 2.75) is 38.3 Å². The van der Waals surface area contributed by atoms with E-state index in [1.807, 2.05) is 21.8 Å². The topological polar surface area (TPSA) is 106 Å². The van der Waals surface area contributed by atoms with Gasteiger partial charge < -0.3 is 16.0 Å². The van der Waals surface area contributed by atoms with Crippen LogP contribution in [0.4, 0.5) is 5.82 Å². The van der Waals surface area contributed by atoms with Gasteiger partial charge >= 0.3 is 0 Å². The van der Waals surface area contributed by atoms with E-state index in [4.69, 9.17) is 5.73 Å². The molecular weight excluding hydrogens is 332 g/mol. The monoisotopic (exact) mass is 356 g/mol. The third kappa shape index (κ3) is 4.59. The number of hydrogen-bond donors (Lipinski definition) is 2. The van der Waals surface area contributed by atoms with Crippen LogP contribution in [0, 0.1) is 0 Å². The van der Waals surface area contributed by atoms with Crippen molar-refractivity contribution in [3.63, 3.8) is 0 Å². The van der Waals surface area contributed by atoms with Crippen LogP contribution in [0.25, 0.3) is 0 Å². The highest BCUT2D eigenvalue weighted by Gasteiger charge is 2.27. The molecule has 0 saturated carbocycles. The van der Waals surface area contributed by atoms with Gasteiger partial charge in [-0.05, 0) is 43.9 Å². The van der Waals surface area contributed by atoms with Crippen LogP contribution < -0.4 is 11.1 Å². The lowest BCUT2D eigenvalue weighted by Crippen LogP contribution is -2.44. The summed E-state index contributed by atoms with van der Waals surface area (Å²) in [5.74, 6) is 0.0682. The van der Waals surface area contributed by atoms with Crippen LogP contribution in [0.15, 0.2) is 36.8 Å². The molecule has 0 bridgehead atoms. The molecule has 2 aromatic rings. The Balaban J connectivity index is 1.62. The molecule has 8 nitrogen and oxygen atoms in total. The maximum absolute atomic E-state index is 12.9. The summed E-state index contributed by atoms with van der Waals surface area (Å²) in [4.78, 5) is 29.9. The second kappa shape index (κ2) is 8.46. The number of pyridine rings is 1. The van der Waals surface area contributed by atoms with Gasteiger partial charge in [0.25, 0.3) is 5.91 Å². The first-order chi connectivity index (χ1) is 12.6. The standard InChI is InChI=1S/C18H24N6O2/c19-16(25)13-21-17-6-5-14(12-20-17)18(26)24-10-2-1-4-15(24)7-11-23-9-3-8-22-23/h3,5-6,8-9,12,15H,1-2,4,7,10-11,13H2,(H2,19,25)(H,20,21)/t15-/m1/s1. The molecule has 0 unspecified atom stereocenters. The number of primary amides is 1. The Morgan fingerprint density at radius 2 is 2.19 bits per heavy atom. The van der Waals surface area contributed by atoms with Crippen LogP contribution in [0.1, 0.15) is 36.0 Å². The molecule has 3 N–H and O–H groups in total. The van der Waals surface area contributed by atoms with Crippen LogP contribution in [0.5, 0.6) is 0 Å². The number of likely N-dealkylation sites (tertiary alicyclic amines) is 1. The molecule has 1 saturated heterocycles. The van der Waals surface area contributed by atoms with Crippen molar-refractivity contribution in [2.24, 2.45) is 5.73 Å². The molecule has 0 aromatic carbocycles. The predicted octanol–water partition coefficient (Wildman–Crippen LogP) is 1.26.